The lowest BCUT2D eigenvalue weighted by atomic mass is 9.82. The van der Waals surface area contributed by atoms with Crippen LogP contribution in [0.4, 0.5) is 22.7 Å². The lowest BCUT2D eigenvalue weighted by Crippen LogP contribution is -2.18. The molecule has 2 aliphatic heterocycles. The first kappa shape index (κ1) is 42.4. The molecule has 0 atom stereocenters. The molecular weight excluding hydrogens is 819 g/mol. The van der Waals surface area contributed by atoms with E-state index in [0.29, 0.717) is 11.1 Å². The van der Waals surface area contributed by atoms with E-state index >= 15 is 0 Å². The van der Waals surface area contributed by atoms with Crippen molar-refractivity contribution in [1.29, 1.82) is 5.26 Å². The predicted molar refractivity (Wildman–Crippen MR) is 279 cm³/mol. The molecule has 0 saturated carbocycles. The quantitative estimate of drug-likeness (QED) is 0.0904. The molecule has 0 unspecified atom stereocenters. The second kappa shape index (κ2) is 17.1. The van der Waals surface area contributed by atoms with Gasteiger partial charge in [0, 0.05) is 74.1 Å². The molecule has 67 heavy (non-hydrogen) atoms. The number of nitriles is 1. The van der Waals surface area contributed by atoms with E-state index in [1.54, 1.807) is 12.2 Å². The molecule has 0 amide bonds. The first-order chi connectivity index (χ1) is 32.6. The predicted octanol–water partition coefficient (Wildman–Crippen LogP) is 17.3. The summed E-state index contributed by atoms with van der Waals surface area (Å²) < 4.78 is 13.7. The molecule has 0 radical (unpaired) electrons. The summed E-state index contributed by atoms with van der Waals surface area (Å²) in [7, 11) is 0. The number of fused-ring (bicyclic) bond motifs is 7. The van der Waals surface area contributed by atoms with Crippen molar-refractivity contribution in [2.75, 3.05) is 9.80 Å². The second-order valence-electron chi connectivity index (χ2n) is 17.4. The summed E-state index contributed by atoms with van der Waals surface area (Å²) in [5, 5.41) is 12.1. The van der Waals surface area contributed by atoms with Crippen LogP contribution in [0.2, 0.25) is 0 Å². The Bertz CT molecular complexity index is 3430. The maximum absolute atomic E-state index is 10.0. The molecule has 7 aromatic carbocycles. The fourth-order valence-corrected chi connectivity index (χ4v) is 9.74. The highest BCUT2D eigenvalue weighted by Crippen LogP contribution is 2.57. The summed E-state index contributed by atoms with van der Waals surface area (Å²) in [4.78, 5) is 4.32. The maximum Gasteiger partial charge on any atom is 0.137 e. The van der Waals surface area contributed by atoms with Gasteiger partial charge in [-0.15, -0.1) is 0 Å². The fraction of sp³-hybridized carbons (Fsp3) is 0.0806. The zero-order chi connectivity index (χ0) is 46.4. The second-order valence-corrected chi connectivity index (χ2v) is 17.4. The molecule has 3 aliphatic rings. The molecule has 0 N–H and O–H groups in total. The summed E-state index contributed by atoms with van der Waals surface area (Å²) in [5.41, 5.74) is 16.0. The molecule has 0 bridgehead atoms. The SMILES string of the molecule is C=CC=C(C=C)N(c1ccc2c(c1)Oc1ccc3c4c(ccc-2c14)Oc1cc(N(C=CC=C(C#N)C(=C)C(C)=CC=CC)c2ccccc2)ccc1-3)c1ccc2c(c1)C(C)(C)c1ccccc1-2. The third kappa shape index (κ3) is 7.21. The third-order valence-corrected chi connectivity index (χ3v) is 13.1. The normalized spacial score (nSPS) is 14.0. The van der Waals surface area contributed by atoms with Gasteiger partial charge in [-0.05, 0) is 155 Å². The van der Waals surface area contributed by atoms with Crippen molar-refractivity contribution in [2.24, 2.45) is 0 Å². The monoisotopic (exact) mass is 867 g/mol. The molecule has 324 valence electrons. The van der Waals surface area contributed by atoms with Crippen LogP contribution in [0.3, 0.4) is 0 Å². The minimum Gasteiger partial charge on any atom is -0.456 e. The van der Waals surface area contributed by atoms with Gasteiger partial charge in [0.05, 0.1) is 11.6 Å². The number of rotatable bonds is 12. The molecule has 0 saturated heterocycles. The van der Waals surface area contributed by atoms with Crippen molar-refractivity contribution in [2.45, 2.75) is 33.1 Å². The number of anilines is 4. The first-order valence-corrected chi connectivity index (χ1v) is 22.5. The van der Waals surface area contributed by atoms with Crippen LogP contribution >= 0.6 is 0 Å². The smallest absolute Gasteiger partial charge is 0.137 e. The van der Waals surface area contributed by atoms with E-state index in [0.717, 1.165) is 90.0 Å². The Morgan fingerprint density at radius 3 is 1.82 bits per heavy atom. The van der Waals surface area contributed by atoms with Crippen LogP contribution in [-0.4, -0.2) is 0 Å². The van der Waals surface area contributed by atoms with Gasteiger partial charge in [0.2, 0.25) is 0 Å². The van der Waals surface area contributed by atoms with Gasteiger partial charge in [0.25, 0.3) is 0 Å². The first-order valence-electron chi connectivity index (χ1n) is 22.5. The average molecular weight is 868 g/mol. The lowest BCUT2D eigenvalue weighted by molar-refractivity contribution is 0.480. The highest BCUT2D eigenvalue weighted by molar-refractivity contribution is 6.14. The minimum atomic E-state index is -0.153. The number of ether oxygens (including phenoxy) is 2. The summed E-state index contributed by atoms with van der Waals surface area (Å²) in [6, 6.07) is 49.1. The molecule has 0 spiro atoms. The van der Waals surface area contributed by atoms with Crippen molar-refractivity contribution in [3.8, 4) is 62.4 Å². The minimum absolute atomic E-state index is 0.153. The van der Waals surface area contributed by atoms with Gasteiger partial charge in [0.15, 0.2) is 0 Å². The molecule has 2 heterocycles. The number of benzene rings is 7. The molecule has 0 fully saturated rings. The summed E-state index contributed by atoms with van der Waals surface area (Å²) in [6.07, 6.45) is 17.2. The molecule has 1 aliphatic carbocycles. The zero-order valence-electron chi connectivity index (χ0n) is 38.2. The summed E-state index contributed by atoms with van der Waals surface area (Å²) in [5.74, 6) is 3.06. The Morgan fingerprint density at radius 2 is 1.18 bits per heavy atom. The zero-order valence-corrected chi connectivity index (χ0v) is 38.2. The molecule has 5 heteroatoms. The van der Waals surface area contributed by atoms with E-state index in [9.17, 15) is 5.26 Å². The van der Waals surface area contributed by atoms with Crippen molar-refractivity contribution in [3.05, 3.63) is 242 Å². The standard InChI is InChI=1S/C62H49N3O2/c1-8-11-19-40(4)41(5)42(39-63)20-17-35-64(44-21-13-12-14-22-44)45-25-29-50-52-31-34-57-61-53(32-33-56(60(52)61)66-58(50)37-45)51-30-27-47(38-59(51)67-57)65(43(10-3)18-9-2)46-26-28-49-48-23-15-16-24-54(48)62(6,7)55(49)36-46/h8-38H,2-3,5H2,1,4,6-7H3. The van der Waals surface area contributed by atoms with E-state index in [4.69, 9.17) is 9.47 Å². The highest BCUT2D eigenvalue weighted by atomic mass is 16.5. The van der Waals surface area contributed by atoms with Crippen LogP contribution in [0.25, 0.3) is 44.2 Å². The molecule has 0 aromatic heterocycles. The van der Waals surface area contributed by atoms with Crippen LogP contribution in [0.1, 0.15) is 38.8 Å². The number of hydrogen-bond acceptors (Lipinski definition) is 5. The van der Waals surface area contributed by atoms with Crippen molar-refractivity contribution in [1.82, 2.24) is 0 Å². The van der Waals surface area contributed by atoms with Crippen LogP contribution in [0.15, 0.2) is 230 Å². The van der Waals surface area contributed by atoms with Gasteiger partial charge in [-0.2, -0.15) is 5.26 Å². The van der Waals surface area contributed by atoms with Gasteiger partial charge >= 0.3 is 0 Å². The fourth-order valence-electron chi connectivity index (χ4n) is 9.74. The Balaban J connectivity index is 1.01. The number of allylic oxidation sites excluding steroid dienone is 11. The van der Waals surface area contributed by atoms with Crippen LogP contribution in [0.5, 0.6) is 23.0 Å². The van der Waals surface area contributed by atoms with Crippen molar-refractivity contribution < 1.29 is 9.47 Å². The Morgan fingerprint density at radius 1 is 0.597 bits per heavy atom. The summed E-state index contributed by atoms with van der Waals surface area (Å²) >= 11 is 0. The Hall–Kier alpha value is -8.59. The molecular formula is C62H49N3O2. The van der Waals surface area contributed by atoms with Gasteiger partial charge in [-0.1, -0.05) is 106 Å². The molecule has 5 nitrogen and oxygen atoms in total. The molecule has 10 rings (SSSR count). The van der Waals surface area contributed by atoms with Gasteiger partial charge in [0.1, 0.15) is 23.0 Å². The van der Waals surface area contributed by atoms with E-state index in [1.807, 2.05) is 74.7 Å². The third-order valence-electron chi connectivity index (χ3n) is 13.1. The Labute approximate surface area is 393 Å². The molecule has 7 aromatic rings. The van der Waals surface area contributed by atoms with Crippen LogP contribution < -0.4 is 19.3 Å². The van der Waals surface area contributed by atoms with Crippen molar-refractivity contribution in [3.63, 3.8) is 0 Å². The maximum atomic E-state index is 10.0. The van der Waals surface area contributed by atoms with E-state index in [-0.39, 0.29) is 5.41 Å². The van der Waals surface area contributed by atoms with Crippen LogP contribution in [0, 0.1) is 11.3 Å². The van der Waals surface area contributed by atoms with Gasteiger partial charge < -0.3 is 19.3 Å². The lowest BCUT2D eigenvalue weighted by Gasteiger charge is -2.31. The van der Waals surface area contributed by atoms with E-state index in [1.165, 1.54) is 22.3 Å². The van der Waals surface area contributed by atoms with Gasteiger partial charge in [-0.25, -0.2) is 0 Å². The van der Waals surface area contributed by atoms with Crippen molar-refractivity contribution >= 4 is 33.5 Å². The number of hydrogen-bond donors (Lipinski definition) is 0. The van der Waals surface area contributed by atoms with E-state index in [2.05, 4.69) is 165 Å². The summed E-state index contributed by atoms with van der Waals surface area (Å²) in [6.45, 7) is 21.0. The largest absolute Gasteiger partial charge is 0.456 e. The number of para-hydroxylation sites is 1. The van der Waals surface area contributed by atoms with Gasteiger partial charge in [-0.3, -0.25) is 0 Å². The average Bonchev–Trinajstić information content (AvgIpc) is 3.59. The number of nitrogens with zero attached hydrogens (tertiary/aromatic N) is 3. The Kier molecular flexibility index (Phi) is 10.8. The topological polar surface area (TPSA) is 48.7 Å². The van der Waals surface area contributed by atoms with Crippen LogP contribution in [-0.2, 0) is 5.41 Å². The highest BCUT2D eigenvalue weighted by Gasteiger charge is 2.36. The van der Waals surface area contributed by atoms with E-state index < -0.39 is 0 Å².